The van der Waals surface area contributed by atoms with Crippen molar-refractivity contribution in [3.05, 3.63) is 29.8 Å². The summed E-state index contributed by atoms with van der Waals surface area (Å²) >= 11 is 0. The number of hydrogen-bond acceptors (Lipinski definition) is 14. The first-order valence-electron chi connectivity index (χ1n) is 17.8. The number of hydroxylamine groups is 5. The lowest BCUT2D eigenvalue weighted by Gasteiger charge is -2.28. The second-order valence-corrected chi connectivity index (χ2v) is 12.6. The van der Waals surface area contributed by atoms with Crippen LogP contribution in [0, 0.1) is 11.3 Å². The van der Waals surface area contributed by atoms with Crippen LogP contribution >= 0.6 is 0 Å². The monoisotopic (exact) mass is 769 g/mol. The van der Waals surface area contributed by atoms with Crippen LogP contribution in [0.15, 0.2) is 24.3 Å². The van der Waals surface area contributed by atoms with Crippen molar-refractivity contribution in [1.82, 2.24) is 26.2 Å². The van der Waals surface area contributed by atoms with Crippen LogP contribution in [0.25, 0.3) is 0 Å². The van der Waals surface area contributed by atoms with Crippen molar-refractivity contribution in [2.45, 2.75) is 109 Å². The molecule has 0 aliphatic heterocycles. The molecular weight excluding hydrogens is 714 g/mol. The molecule has 0 aliphatic rings. The maximum absolute atomic E-state index is 13.6. The minimum absolute atomic E-state index is 0.0291. The minimum atomic E-state index is -1.97. The van der Waals surface area contributed by atoms with Crippen molar-refractivity contribution in [2.75, 3.05) is 19.7 Å². The number of nitrogens with one attached hydrogen (secondary N) is 4. The van der Waals surface area contributed by atoms with Gasteiger partial charge in [0.15, 0.2) is 6.10 Å². The second-order valence-electron chi connectivity index (χ2n) is 12.6. The quantitative estimate of drug-likeness (QED) is 0.0112. The summed E-state index contributed by atoms with van der Waals surface area (Å²) in [6.45, 7) is 2.28. The Hall–Kier alpha value is -5.05. The van der Waals surface area contributed by atoms with E-state index in [0.717, 1.165) is 32.1 Å². The highest BCUT2D eigenvalue weighted by Crippen LogP contribution is 2.20. The molecule has 0 saturated carbocycles. The number of para-hydroxylation sites is 1. The zero-order valence-electron chi connectivity index (χ0n) is 30.6. The molecule has 0 spiro atoms. The molecule has 11 N–H and O–H groups in total. The van der Waals surface area contributed by atoms with Crippen LogP contribution in [0.3, 0.4) is 0 Å². The van der Waals surface area contributed by atoms with Gasteiger partial charge in [-0.3, -0.25) is 40.2 Å². The van der Waals surface area contributed by atoms with Gasteiger partial charge in [-0.15, -0.1) is 0 Å². The van der Waals surface area contributed by atoms with Gasteiger partial charge in [0.05, 0.1) is 5.92 Å². The number of aliphatic hydroxyl groups is 1. The summed E-state index contributed by atoms with van der Waals surface area (Å²) in [6, 6.07) is 2.69. The first kappa shape index (κ1) is 47.0. The molecule has 0 radical (unpaired) electrons. The van der Waals surface area contributed by atoms with Gasteiger partial charge in [0.2, 0.25) is 18.3 Å². The number of ether oxygens (including phenoxy) is 2. The molecule has 0 fully saturated rings. The summed E-state index contributed by atoms with van der Waals surface area (Å²) in [5.74, 6) is -6.98. The number of amides is 4. The third kappa shape index (κ3) is 17.6. The lowest BCUT2D eigenvalue weighted by molar-refractivity contribution is -0.159. The molecule has 1 aromatic rings. The van der Waals surface area contributed by atoms with Crippen molar-refractivity contribution >= 4 is 42.0 Å². The Balaban J connectivity index is 3.16. The van der Waals surface area contributed by atoms with Crippen molar-refractivity contribution in [3.63, 3.8) is 0 Å². The number of guanidine groups is 1. The van der Waals surface area contributed by atoms with Gasteiger partial charge in [0.25, 0.3) is 11.8 Å². The minimum Gasteiger partial charge on any atom is -0.507 e. The number of carbonyl (C=O) groups is 6. The lowest BCUT2D eigenvalue weighted by Crippen LogP contribution is -2.51. The Kier molecular flexibility index (Phi) is 22.5. The fourth-order valence-electron chi connectivity index (χ4n) is 5.13. The van der Waals surface area contributed by atoms with Crippen molar-refractivity contribution in [3.8, 4) is 5.75 Å². The maximum atomic E-state index is 13.6. The van der Waals surface area contributed by atoms with E-state index in [-0.39, 0.29) is 62.9 Å². The van der Waals surface area contributed by atoms with Gasteiger partial charge in [-0.2, -0.15) is 0 Å². The zero-order chi connectivity index (χ0) is 40.6. The molecule has 0 heterocycles. The summed E-state index contributed by atoms with van der Waals surface area (Å²) in [7, 11) is 0. The van der Waals surface area contributed by atoms with Crippen LogP contribution in [0.1, 0.15) is 94.8 Å². The second kappa shape index (κ2) is 25.8. The fourth-order valence-corrected chi connectivity index (χ4v) is 5.13. The molecule has 0 aliphatic carbocycles. The van der Waals surface area contributed by atoms with E-state index in [1.807, 2.05) is 0 Å². The van der Waals surface area contributed by atoms with E-state index in [1.165, 1.54) is 36.7 Å². The third-order valence-electron chi connectivity index (χ3n) is 8.37. The van der Waals surface area contributed by atoms with E-state index in [9.17, 15) is 54.6 Å². The van der Waals surface area contributed by atoms with Gasteiger partial charge >= 0.3 is 11.9 Å². The summed E-state index contributed by atoms with van der Waals surface area (Å²) in [6.07, 6.45) is 2.21. The number of rotatable bonds is 27. The number of nitrogens with two attached hydrogens (primary N) is 1. The molecule has 0 aromatic heterocycles. The normalized spacial score (nSPS) is 13.6. The summed E-state index contributed by atoms with van der Waals surface area (Å²) in [5.41, 5.74) is 6.46. The number of aliphatic hydroxyl groups excluding tert-OH is 1. The number of hydrogen-bond donors (Lipinski definition) is 10. The predicted octanol–water partition coefficient (Wildman–Crippen LogP) is 0.676. The molecule has 20 heteroatoms. The van der Waals surface area contributed by atoms with Gasteiger partial charge in [-0.1, -0.05) is 58.1 Å². The SMILES string of the molecule is CCCCCCCCC(OC(=O)C(CCCN(O)C=O)NC(=O)C(O)COC(=O)c1ccccc1O)C(C)C(=O)NC(CCCN(O)C(=N)N)C(=O)NO. The van der Waals surface area contributed by atoms with Crippen LogP contribution < -0.4 is 21.8 Å². The number of phenols is 1. The molecule has 1 rings (SSSR count). The molecule has 0 bridgehead atoms. The molecule has 1 aromatic carbocycles. The Morgan fingerprint density at radius 1 is 0.889 bits per heavy atom. The highest BCUT2D eigenvalue weighted by molar-refractivity contribution is 5.93. The van der Waals surface area contributed by atoms with Gasteiger partial charge < -0.3 is 36.1 Å². The number of esters is 2. The molecule has 0 saturated heterocycles. The van der Waals surface area contributed by atoms with Gasteiger partial charge in [-0.05, 0) is 50.7 Å². The van der Waals surface area contributed by atoms with E-state index in [4.69, 9.17) is 20.6 Å². The predicted molar refractivity (Wildman–Crippen MR) is 189 cm³/mol. The van der Waals surface area contributed by atoms with Crippen LogP contribution in [0.2, 0.25) is 0 Å². The Bertz CT molecular complexity index is 1370. The van der Waals surface area contributed by atoms with Crippen LogP contribution in [0.4, 0.5) is 0 Å². The van der Waals surface area contributed by atoms with Crippen LogP contribution in [0.5, 0.6) is 5.75 Å². The molecule has 20 nitrogen and oxygen atoms in total. The van der Waals surface area contributed by atoms with Crippen LogP contribution in [-0.4, -0.2) is 122 Å². The van der Waals surface area contributed by atoms with E-state index >= 15 is 0 Å². The van der Waals surface area contributed by atoms with E-state index in [0.29, 0.717) is 16.5 Å². The van der Waals surface area contributed by atoms with Gasteiger partial charge in [-0.25, -0.2) is 25.2 Å². The molecule has 5 unspecified atom stereocenters. The number of benzene rings is 1. The summed E-state index contributed by atoms with van der Waals surface area (Å²) in [4.78, 5) is 75.6. The first-order valence-corrected chi connectivity index (χ1v) is 17.8. The molecular formula is C34H55N7O13. The summed E-state index contributed by atoms with van der Waals surface area (Å²) in [5, 5.41) is 61.5. The van der Waals surface area contributed by atoms with Crippen LogP contribution in [-0.2, 0) is 33.4 Å². The van der Waals surface area contributed by atoms with E-state index < -0.39 is 72.4 Å². The maximum Gasteiger partial charge on any atom is 0.342 e. The number of unbranched alkanes of at least 4 members (excludes halogenated alkanes) is 5. The topological polar surface area (TPSA) is 314 Å². The van der Waals surface area contributed by atoms with Crippen molar-refractivity contribution in [1.29, 1.82) is 5.41 Å². The third-order valence-corrected chi connectivity index (χ3v) is 8.37. The highest BCUT2D eigenvalue weighted by Gasteiger charge is 2.34. The molecule has 5 atom stereocenters. The molecule has 4 amide bonds. The van der Waals surface area contributed by atoms with Gasteiger partial charge in [0, 0.05) is 13.1 Å². The van der Waals surface area contributed by atoms with Gasteiger partial charge in [0.1, 0.15) is 36.1 Å². The van der Waals surface area contributed by atoms with E-state index in [2.05, 4.69) is 17.6 Å². The number of aromatic hydroxyl groups is 1. The molecule has 54 heavy (non-hydrogen) atoms. The number of nitrogens with zero attached hydrogens (tertiary/aromatic N) is 2. The number of phenolic OH excluding ortho intramolecular Hbond substituents is 1. The number of carbonyl (C=O) groups excluding carboxylic acids is 6. The van der Waals surface area contributed by atoms with Crippen molar-refractivity contribution in [2.24, 2.45) is 11.7 Å². The zero-order valence-corrected chi connectivity index (χ0v) is 30.6. The molecule has 304 valence electrons. The standard InChI is InChI=1S/C34H55N7O13/c1-3-4-5-6-7-8-17-28(22(2)29(45)37-24(30(46)39-50)14-12-19-41(52)34(35)36)54-33(49)25(15-11-18-40(51)21-42)38-31(47)27(44)20-53-32(48)23-13-9-10-16-26(23)43/h9-10,13,16,21-22,24-25,27-28,43-44,50-52H,3-8,11-12,14-15,17-20H2,1-2H3,(H3,35,36)(H,37,45)(H,38,47)(H,39,46). The lowest BCUT2D eigenvalue weighted by atomic mass is 9.96. The first-order chi connectivity index (χ1) is 25.7. The fraction of sp³-hybridized carbons (Fsp3) is 0.618. The summed E-state index contributed by atoms with van der Waals surface area (Å²) < 4.78 is 10.7. The Morgan fingerprint density at radius 3 is 2.13 bits per heavy atom. The van der Waals surface area contributed by atoms with E-state index in [1.54, 1.807) is 0 Å². The average Bonchev–Trinajstić information content (AvgIpc) is 3.15. The Labute approximate surface area is 313 Å². The highest BCUT2D eigenvalue weighted by atomic mass is 16.6. The smallest absolute Gasteiger partial charge is 0.342 e. The Morgan fingerprint density at radius 2 is 1.50 bits per heavy atom. The largest absolute Gasteiger partial charge is 0.507 e. The average molecular weight is 770 g/mol. The van der Waals surface area contributed by atoms with Crippen molar-refractivity contribution < 1.29 is 64.1 Å².